The Hall–Kier alpha value is -2.89. The summed E-state index contributed by atoms with van der Waals surface area (Å²) in [4.78, 5) is 17.8. The fraction of sp³-hybridized carbons (Fsp3) is 0.120. The quantitative estimate of drug-likeness (QED) is 0.349. The molecule has 30 heavy (non-hydrogen) atoms. The summed E-state index contributed by atoms with van der Waals surface area (Å²) >= 11 is 3.15. The van der Waals surface area contributed by atoms with Crippen molar-refractivity contribution >= 4 is 34.1 Å². The highest BCUT2D eigenvalue weighted by atomic mass is 32.2. The SMILES string of the molecule is Cc1cccc(-c2ccc(CCC(=O)Nc3ncc(Sc4ccccc4)s3)cc2)c1. The van der Waals surface area contributed by atoms with E-state index < -0.39 is 0 Å². The number of carbonyl (C=O) groups excluding carboxylic acids is 1. The maximum Gasteiger partial charge on any atom is 0.226 e. The Morgan fingerprint density at radius 3 is 2.53 bits per heavy atom. The monoisotopic (exact) mass is 430 g/mol. The number of aryl methyl sites for hydroxylation is 2. The number of hydrogen-bond acceptors (Lipinski definition) is 4. The molecule has 0 spiro atoms. The zero-order valence-corrected chi connectivity index (χ0v) is 18.3. The van der Waals surface area contributed by atoms with E-state index in [4.69, 9.17) is 0 Å². The lowest BCUT2D eigenvalue weighted by atomic mass is 10.0. The third kappa shape index (κ3) is 5.59. The second-order valence-electron chi connectivity index (χ2n) is 7.01. The zero-order chi connectivity index (χ0) is 20.8. The van der Waals surface area contributed by atoms with Crippen molar-refractivity contribution < 1.29 is 4.79 Å². The van der Waals surface area contributed by atoms with Gasteiger partial charge in [0.15, 0.2) is 5.13 Å². The van der Waals surface area contributed by atoms with Crippen molar-refractivity contribution in [3.63, 3.8) is 0 Å². The molecule has 3 nitrogen and oxygen atoms in total. The molecule has 0 unspecified atom stereocenters. The van der Waals surface area contributed by atoms with Gasteiger partial charge in [0.1, 0.15) is 0 Å². The van der Waals surface area contributed by atoms with Gasteiger partial charge in [0.05, 0.1) is 10.4 Å². The molecule has 4 rings (SSSR count). The van der Waals surface area contributed by atoms with Crippen LogP contribution in [0.2, 0.25) is 0 Å². The number of aromatic nitrogens is 1. The topological polar surface area (TPSA) is 42.0 Å². The highest BCUT2D eigenvalue weighted by molar-refractivity contribution is 8.01. The van der Waals surface area contributed by atoms with E-state index in [1.807, 2.05) is 24.4 Å². The van der Waals surface area contributed by atoms with Gasteiger partial charge in [-0.3, -0.25) is 4.79 Å². The van der Waals surface area contributed by atoms with Crippen LogP contribution in [0.15, 0.2) is 94.2 Å². The highest BCUT2D eigenvalue weighted by Gasteiger charge is 2.08. The highest BCUT2D eigenvalue weighted by Crippen LogP contribution is 2.33. The Kier molecular flexibility index (Phi) is 6.62. The van der Waals surface area contributed by atoms with E-state index in [2.05, 4.69) is 77.9 Å². The molecule has 1 aromatic heterocycles. The van der Waals surface area contributed by atoms with Gasteiger partial charge in [0.25, 0.3) is 0 Å². The summed E-state index contributed by atoms with van der Waals surface area (Å²) in [6.07, 6.45) is 2.95. The lowest BCUT2D eigenvalue weighted by molar-refractivity contribution is -0.116. The van der Waals surface area contributed by atoms with Gasteiger partial charge in [-0.2, -0.15) is 0 Å². The average Bonchev–Trinajstić information content (AvgIpc) is 3.20. The van der Waals surface area contributed by atoms with E-state index in [-0.39, 0.29) is 5.91 Å². The fourth-order valence-electron chi connectivity index (χ4n) is 3.10. The first kappa shape index (κ1) is 20.4. The van der Waals surface area contributed by atoms with Crippen molar-refractivity contribution in [2.45, 2.75) is 28.9 Å². The largest absolute Gasteiger partial charge is 0.302 e. The first-order valence-electron chi connectivity index (χ1n) is 9.80. The number of rotatable bonds is 7. The maximum absolute atomic E-state index is 12.3. The van der Waals surface area contributed by atoms with Crippen LogP contribution in [0.3, 0.4) is 0 Å². The Bertz CT molecular complexity index is 1120. The molecule has 0 bridgehead atoms. The second kappa shape index (κ2) is 9.74. The number of carbonyl (C=O) groups is 1. The van der Waals surface area contributed by atoms with Crippen molar-refractivity contribution in [2.75, 3.05) is 5.32 Å². The summed E-state index contributed by atoms with van der Waals surface area (Å²) in [5, 5.41) is 3.56. The van der Waals surface area contributed by atoms with Gasteiger partial charge >= 0.3 is 0 Å². The van der Waals surface area contributed by atoms with Gasteiger partial charge in [0, 0.05) is 11.3 Å². The third-order valence-corrected chi connectivity index (χ3v) is 6.66. The average molecular weight is 431 g/mol. The van der Waals surface area contributed by atoms with Gasteiger partial charge in [-0.1, -0.05) is 95.4 Å². The van der Waals surface area contributed by atoms with Crippen LogP contribution in [0, 0.1) is 6.92 Å². The van der Waals surface area contributed by atoms with E-state index >= 15 is 0 Å². The van der Waals surface area contributed by atoms with E-state index in [0.717, 1.165) is 14.7 Å². The van der Waals surface area contributed by atoms with Gasteiger partial charge in [0.2, 0.25) is 5.91 Å². The number of thiazole rings is 1. The molecule has 0 saturated heterocycles. The van der Waals surface area contributed by atoms with Crippen LogP contribution in [-0.2, 0) is 11.2 Å². The molecule has 4 aromatic rings. The predicted octanol–water partition coefficient (Wildman–Crippen LogP) is 6.84. The van der Waals surface area contributed by atoms with E-state index in [0.29, 0.717) is 18.0 Å². The maximum atomic E-state index is 12.3. The first-order valence-corrected chi connectivity index (χ1v) is 11.4. The van der Waals surface area contributed by atoms with E-state index in [1.165, 1.54) is 28.0 Å². The molecule has 0 radical (unpaired) electrons. The van der Waals surface area contributed by atoms with Crippen LogP contribution in [0.1, 0.15) is 17.5 Å². The number of anilines is 1. The lowest BCUT2D eigenvalue weighted by Gasteiger charge is -2.06. The number of nitrogens with zero attached hydrogens (tertiary/aromatic N) is 1. The van der Waals surface area contributed by atoms with Crippen molar-refractivity contribution in [1.82, 2.24) is 4.98 Å². The molecule has 1 N–H and O–H groups in total. The Labute approximate surface area is 185 Å². The molecule has 0 fully saturated rings. The molecule has 1 amide bonds. The molecule has 0 aliphatic carbocycles. The summed E-state index contributed by atoms with van der Waals surface area (Å²) in [5.41, 5.74) is 4.81. The Balaban J connectivity index is 1.29. The van der Waals surface area contributed by atoms with Crippen LogP contribution in [-0.4, -0.2) is 10.9 Å². The zero-order valence-electron chi connectivity index (χ0n) is 16.7. The number of nitrogens with one attached hydrogen (secondary N) is 1. The minimum atomic E-state index is -0.0108. The van der Waals surface area contributed by atoms with Gasteiger partial charge in [-0.05, 0) is 42.2 Å². The van der Waals surface area contributed by atoms with Crippen molar-refractivity contribution in [3.05, 3.63) is 96.2 Å². The minimum Gasteiger partial charge on any atom is -0.302 e. The van der Waals surface area contributed by atoms with Gasteiger partial charge < -0.3 is 5.32 Å². The molecule has 3 aromatic carbocycles. The van der Waals surface area contributed by atoms with Crippen LogP contribution in [0.25, 0.3) is 11.1 Å². The van der Waals surface area contributed by atoms with Crippen molar-refractivity contribution in [1.29, 1.82) is 0 Å². The molecule has 0 aliphatic heterocycles. The molecule has 0 aliphatic rings. The smallest absolute Gasteiger partial charge is 0.226 e. The molecule has 0 atom stereocenters. The molecule has 150 valence electrons. The van der Waals surface area contributed by atoms with Crippen LogP contribution in [0.4, 0.5) is 5.13 Å². The van der Waals surface area contributed by atoms with E-state index in [1.54, 1.807) is 11.8 Å². The Morgan fingerprint density at radius 1 is 0.967 bits per heavy atom. The van der Waals surface area contributed by atoms with Gasteiger partial charge in [-0.25, -0.2) is 4.98 Å². The number of benzene rings is 3. The summed E-state index contributed by atoms with van der Waals surface area (Å²) < 4.78 is 1.06. The van der Waals surface area contributed by atoms with Crippen molar-refractivity contribution in [3.8, 4) is 11.1 Å². The van der Waals surface area contributed by atoms with Crippen LogP contribution in [0.5, 0.6) is 0 Å². The van der Waals surface area contributed by atoms with Crippen molar-refractivity contribution in [2.24, 2.45) is 0 Å². The summed E-state index contributed by atoms with van der Waals surface area (Å²) in [5.74, 6) is -0.0108. The first-order chi connectivity index (χ1) is 14.7. The minimum absolute atomic E-state index is 0.0108. The van der Waals surface area contributed by atoms with Crippen LogP contribution < -0.4 is 5.32 Å². The molecule has 5 heteroatoms. The second-order valence-corrected chi connectivity index (χ2v) is 9.42. The number of hydrogen-bond donors (Lipinski definition) is 1. The number of amides is 1. The molecule has 0 saturated carbocycles. The normalized spacial score (nSPS) is 10.7. The van der Waals surface area contributed by atoms with E-state index in [9.17, 15) is 4.79 Å². The molecule has 1 heterocycles. The van der Waals surface area contributed by atoms with Crippen LogP contribution >= 0.6 is 23.1 Å². The molecular formula is C25H22N2OS2. The molecular weight excluding hydrogens is 408 g/mol. The summed E-state index contributed by atoms with van der Waals surface area (Å²) in [7, 11) is 0. The predicted molar refractivity (Wildman–Crippen MR) is 126 cm³/mol. The summed E-state index contributed by atoms with van der Waals surface area (Å²) in [6, 6.07) is 27.1. The Morgan fingerprint density at radius 2 is 1.77 bits per heavy atom. The summed E-state index contributed by atoms with van der Waals surface area (Å²) in [6.45, 7) is 2.10. The lowest BCUT2D eigenvalue weighted by Crippen LogP contribution is -2.11. The fourth-order valence-corrected chi connectivity index (χ4v) is 4.99. The third-order valence-electron chi connectivity index (χ3n) is 4.64. The van der Waals surface area contributed by atoms with Gasteiger partial charge in [-0.15, -0.1) is 0 Å². The standard InChI is InChI=1S/C25H22N2OS2/c1-18-6-5-7-21(16-18)20-13-10-19(11-14-20)12-15-23(28)27-25-26-17-24(30-25)29-22-8-3-2-4-9-22/h2-11,13-14,16-17H,12,15H2,1H3,(H,26,27,28).